The molecule has 1 atom stereocenters. The first-order valence-electron chi connectivity index (χ1n) is 3.38. The number of nitrogens with zero attached hydrogens (tertiary/aromatic N) is 1. The second-order valence-corrected chi connectivity index (χ2v) is 1.99. The number of esters is 1. The second kappa shape index (κ2) is 3.91. The molecule has 62 valence electrons. The number of nitriles is 1. The molecular formula is C7H10FNO2. The molecular weight excluding hydrogens is 149 g/mol. The van der Waals surface area contributed by atoms with Crippen LogP contribution in [0.25, 0.3) is 0 Å². The SMILES string of the molecule is CCOC(=O)[C@@](F)(C#N)CC. The Labute approximate surface area is 64.8 Å². The number of hydrogen-bond donors (Lipinski definition) is 0. The lowest BCUT2D eigenvalue weighted by atomic mass is 10.1. The van der Waals surface area contributed by atoms with Gasteiger partial charge in [0.1, 0.15) is 6.07 Å². The van der Waals surface area contributed by atoms with Crippen molar-refractivity contribution >= 4 is 5.97 Å². The summed E-state index contributed by atoms with van der Waals surface area (Å²) in [6.07, 6.45) is -0.178. The van der Waals surface area contributed by atoms with E-state index in [4.69, 9.17) is 5.26 Å². The highest BCUT2D eigenvalue weighted by Gasteiger charge is 2.38. The largest absolute Gasteiger partial charge is 0.463 e. The molecule has 0 aromatic carbocycles. The zero-order valence-electron chi connectivity index (χ0n) is 6.56. The molecule has 4 heteroatoms. The number of ether oxygens (including phenoxy) is 1. The number of halogens is 1. The van der Waals surface area contributed by atoms with Crippen LogP contribution in [-0.2, 0) is 9.53 Å². The first kappa shape index (κ1) is 9.89. The number of alkyl halides is 1. The fourth-order valence-electron chi connectivity index (χ4n) is 0.515. The van der Waals surface area contributed by atoms with Gasteiger partial charge in [0.25, 0.3) is 5.67 Å². The molecule has 0 spiro atoms. The third-order valence-electron chi connectivity index (χ3n) is 1.26. The van der Waals surface area contributed by atoms with Crippen LogP contribution in [0.3, 0.4) is 0 Å². The van der Waals surface area contributed by atoms with Gasteiger partial charge in [-0.1, -0.05) is 6.92 Å². The molecule has 0 aliphatic carbocycles. The summed E-state index contributed by atoms with van der Waals surface area (Å²) in [5.74, 6) is -1.09. The van der Waals surface area contributed by atoms with Gasteiger partial charge < -0.3 is 4.74 Å². The lowest BCUT2D eigenvalue weighted by Crippen LogP contribution is -2.33. The molecule has 0 saturated heterocycles. The topological polar surface area (TPSA) is 50.1 Å². The van der Waals surface area contributed by atoms with Crippen LogP contribution in [-0.4, -0.2) is 18.2 Å². The minimum absolute atomic E-state index is 0.0895. The van der Waals surface area contributed by atoms with E-state index in [1.54, 1.807) is 6.92 Å². The summed E-state index contributed by atoms with van der Waals surface area (Å²) in [7, 11) is 0. The van der Waals surface area contributed by atoms with Crippen molar-refractivity contribution in [1.82, 2.24) is 0 Å². The molecule has 0 saturated carbocycles. The highest BCUT2D eigenvalue weighted by Crippen LogP contribution is 2.16. The first-order valence-corrected chi connectivity index (χ1v) is 3.38. The van der Waals surface area contributed by atoms with E-state index in [2.05, 4.69) is 4.74 Å². The number of carbonyl (C=O) groups is 1. The molecule has 0 N–H and O–H groups in total. The quantitative estimate of drug-likeness (QED) is 0.581. The molecule has 0 radical (unpaired) electrons. The molecule has 0 unspecified atom stereocenters. The standard InChI is InChI=1S/C7H10FNO2/c1-3-7(8,5-9)6(10)11-4-2/h3-4H2,1-2H3/t7-/m0/s1. The molecule has 0 aliphatic rings. The van der Waals surface area contributed by atoms with Crippen LogP contribution in [0.1, 0.15) is 20.3 Å². The van der Waals surface area contributed by atoms with Crippen molar-refractivity contribution in [2.45, 2.75) is 25.9 Å². The van der Waals surface area contributed by atoms with Crippen molar-refractivity contribution < 1.29 is 13.9 Å². The van der Waals surface area contributed by atoms with E-state index >= 15 is 0 Å². The highest BCUT2D eigenvalue weighted by molar-refractivity contribution is 5.82. The fourth-order valence-corrected chi connectivity index (χ4v) is 0.515. The summed E-state index contributed by atoms with van der Waals surface area (Å²) >= 11 is 0. The maximum atomic E-state index is 13.0. The Hall–Kier alpha value is -1.11. The van der Waals surface area contributed by atoms with Gasteiger partial charge in [-0.15, -0.1) is 0 Å². The Morgan fingerprint density at radius 3 is 2.55 bits per heavy atom. The average molecular weight is 159 g/mol. The Bertz CT molecular complexity index is 187. The van der Waals surface area contributed by atoms with Crippen LogP contribution < -0.4 is 0 Å². The van der Waals surface area contributed by atoms with E-state index in [0.717, 1.165) is 0 Å². The maximum Gasteiger partial charge on any atom is 0.358 e. The van der Waals surface area contributed by atoms with Crippen molar-refractivity contribution in [3.63, 3.8) is 0 Å². The Morgan fingerprint density at radius 1 is 1.73 bits per heavy atom. The normalized spacial score (nSPS) is 14.7. The highest BCUT2D eigenvalue weighted by atomic mass is 19.1. The van der Waals surface area contributed by atoms with Crippen LogP contribution in [0, 0.1) is 11.3 Å². The lowest BCUT2D eigenvalue weighted by molar-refractivity contribution is -0.153. The monoisotopic (exact) mass is 159 g/mol. The van der Waals surface area contributed by atoms with E-state index in [0.29, 0.717) is 0 Å². The summed E-state index contributed by atoms with van der Waals surface area (Å²) < 4.78 is 17.3. The zero-order chi connectivity index (χ0) is 8.91. The zero-order valence-corrected chi connectivity index (χ0v) is 6.56. The Kier molecular flexibility index (Phi) is 3.52. The van der Waals surface area contributed by atoms with Gasteiger partial charge >= 0.3 is 5.97 Å². The van der Waals surface area contributed by atoms with Crippen molar-refractivity contribution in [1.29, 1.82) is 5.26 Å². The molecule has 0 aliphatic heterocycles. The van der Waals surface area contributed by atoms with Crippen LogP contribution in [0.4, 0.5) is 4.39 Å². The molecule has 11 heavy (non-hydrogen) atoms. The average Bonchev–Trinajstić information content (AvgIpc) is 2.03. The molecule has 0 aromatic heterocycles. The van der Waals surface area contributed by atoms with Crippen molar-refractivity contribution in [2.24, 2.45) is 0 Å². The van der Waals surface area contributed by atoms with Crippen LogP contribution in [0.15, 0.2) is 0 Å². The van der Waals surface area contributed by atoms with Crippen molar-refractivity contribution in [3.8, 4) is 6.07 Å². The fraction of sp³-hybridized carbons (Fsp3) is 0.714. The molecule has 0 rings (SSSR count). The summed E-state index contributed by atoms with van der Waals surface area (Å²) in [6, 6.07) is 1.27. The van der Waals surface area contributed by atoms with Gasteiger partial charge in [0.2, 0.25) is 0 Å². The first-order chi connectivity index (χ1) is 5.10. The van der Waals surface area contributed by atoms with Crippen molar-refractivity contribution in [2.75, 3.05) is 6.61 Å². The maximum absolute atomic E-state index is 13.0. The summed E-state index contributed by atoms with van der Waals surface area (Å²) in [5, 5.41) is 8.26. The van der Waals surface area contributed by atoms with E-state index < -0.39 is 11.6 Å². The number of carbonyl (C=O) groups excluding carboxylic acids is 1. The van der Waals surface area contributed by atoms with Gasteiger partial charge in [0, 0.05) is 6.42 Å². The minimum atomic E-state index is -2.46. The third kappa shape index (κ3) is 2.19. The third-order valence-corrected chi connectivity index (χ3v) is 1.26. The molecule has 0 heterocycles. The van der Waals surface area contributed by atoms with Gasteiger partial charge in [0.15, 0.2) is 0 Å². The van der Waals surface area contributed by atoms with E-state index in [-0.39, 0.29) is 13.0 Å². The molecule has 0 aromatic rings. The van der Waals surface area contributed by atoms with Crippen LogP contribution >= 0.6 is 0 Å². The van der Waals surface area contributed by atoms with Crippen molar-refractivity contribution in [3.05, 3.63) is 0 Å². The van der Waals surface area contributed by atoms with E-state index in [1.165, 1.54) is 13.0 Å². The number of rotatable bonds is 3. The Balaban J connectivity index is 4.28. The number of hydrogen-bond acceptors (Lipinski definition) is 3. The van der Waals surface area contributed by atoms with Gasteiger partial charge in [0.05, 0.1) is 6.61 Å². The predicted octanol–water partition coefficient (Wildman–Crippen LogP) is 1.19. The summed E-state index contributed by atoms with van der Waals surface area (Å²) in [6.45, 7) is 3.07. The summed E-state index contributed by atoms with van der Waals surface area (Å²) in [5.41, 5.74) is -2.46. The van der Waals surface area contributed by atoms with Gasteiger partial charge in [-0.25, -0.2) is 9.18 Å². The summed E-state index contributed by atoms with van der Waals surface area (Å²) in [4.78, 5) is 10.7. The van der Waals surface area contributed by atoms with E-state index in [9.17, 15) is 9.18 Å². The predicted molar refractivity (Wildman–Crippen MR) is 36.4 cm³/mol. The lowest BCUT2D eigenvalue weighted by Gasteiger charge is -2.12. The van der Waals surface area contributed by atoms with Gasteiger partial charge in [-0.2, -0.15) is 5.26 Å². The molecule has 0 bridgehead atoms. The molecule has 3 nitrogen and oxygen atoms in total. The van der Waals surface area contributed by atoms with E-state index in [1.807, 2.05) is 0 Å². The second-order valence-electron chi connectivity index (χ2n) is 1.99. The molecule has 0 fully saturated rings. The smallest absolute Gasteiger partial charge is 0.358 e. The van der Waals surface area contributed by atoms with Gasteiger partial charge in [-0.3, -0.25) is 0 Å². The van der Waals surface area contributed by atoms with Crippen LogP contribution in [0.2, 0.25) is 0 Å². The van der Waals surface area contributed by atoms with Gasteiger partial charge in [-0.05, 0) is 6.92 Å². The Morgan fingerprint density at radius 2 is 2.27 bits per heavy atom. The molecule has 0 amide bonds. The van der Waals surface area contributed by atoms with Crippen LogP contribution in [0.5, 0.6) is 0 Å². The minimum Gasteiger partial charge on any atom is -0.463 e.